The molecule has 0 aliphatic carbocycles. The first kappa shape index (κ1) is 15.4. The van der Waals surface area contributed by atoms with Crippen LogP contribution in [0.15, 0.2) is 42.0 Å². The second-order valence-electron chi connectivity index (χ2n) is 5.04. The van der Waals surface area contributed by atoms with Gasteiger partial charge in [-0.15, -0.1) is 11.3 Å². The van der Waals surface area contributed by atoms with Gasteiger partial charge in [0, 0.05) is 5.56 Å². The third-order valence-corrected chi connectivity index (χ3v) is 4.20. The zero-order valence-electron chi connectivity index (χ0n) is 12.8. The van der Waals surface area contributed by atoms with Crippen LogP contribution in [-0.2, 0) is 0 Å². The molecular weight excluding hydrogens is 310 g/mol. The molecule has 118 valence electrons. The van der Waals surface area contributed by atoms with E-state index in [1.165, 1.54) is 17.7 Å². The van der Waals surface area contributed by atoms with Gasteiger partial charge < -0.3 is 10.1 Å². The fourth-order valence-corrected chi connectivity index (χ4v) is 2.84. The van der Waals surface area contributed by atoms with Crippen molar-refractivity contribution in [1.29, 1.82) is 0 Å². The zero-order valence-corrected chi connectivity index (χ0v) is 13.6. The summed E-state index contributed by atoms with van der Waals surface area (Å²) in [5.74, 6) is 1.11. The maximum Gasteiger partial charge on any atom is 0.256 e. The number of anilines is 1. The van der Waals surface area contributed by atoms with Crippen LogP contribution in [0.4, 0.5) is 5.82 Å². The van der Waals surface area contributed by atoms with E-state index in [1.54, 1.807) is 12.1 Å². The first-order chi connectivity index (χ1) is 11.3. The highest BCUT2D eigenvalue weighted by Gasteiger charge is 2.10. The van der Waals surface area contributed by atoms with Crippen LogP contribution in [0.2, 0.25) is 0 Å². The van der Waals surface area contributed by atoms with Gasteiger partial charge in [-0.2, -0.15) is 0 Å². The van der Waals surface area contributed by atoms with Crippen LogP contribution in [0.3, 0.4) is 0 Å². The summed E-state index contributed by atoms with van der Waals surface area (Å²) in [5, 5.41) is 5.62. The second-order valence-corrected chi connectivity index (χ2v) is 5.94. The lowest BCUT2D eigenvalue weighted by molar-refractivity contribution is 0.102. The van der Waals surface area contributed by atoms with Gasteiger partial charge in [0.1, 0.15) is 22.7 Å². The van der Waals surface area contributed by atoms with Gasteiger partial charge >= 0.3 is 0 Å². The number of hydrogen-bond acceptors (Lipinski definition) is 5. The van der Waals surface area contributed by atoms with Crippen molar-refractivity contribution >= 4 is 33.3 Å². The molecule has 0 bridgehead atoms. The number of carbonyl (C=O) groups is 1. The molecule has 1 amide bonds. The van der Waals surface area contributed by atoms with Gasteiger partial charge in [-0.05, 0) is 42.1 Å². The number of amides is 1. The normalized spacial score (nSPS) is 10.7. The molecule has 0 spiro atoms. The first-order valence-corrected chi connectivity index (χ1v) is 8.38. The van der Waals surface area contributed by atoms with Gasteiger partial charge in [-0.1, -0.05) is 13.3 Å². The molecule has 0 saturated heterocycles. The molecule has 3 rings (SSSR count). The average molecular weight is 327 g/mol. The molecule has 0 unspecified atom stereocenters. The van der Waals surface area contributed by atoms with Crippen molar-refractivity contribution in [2.24, 2.45) is 0 Å². The van der Waals surface area contributed by atoms with Crippen LogP contribution >= 0.6 is 11.3 Å². The van der Waals surface area contributed by atoms with Crippen LogP contribution in [0.25, 0.3) is 10.2 Å². The van der Waals surface area contributed by atoms with Gasteiger partial charge in [0.15, 0.2) is 0 Å². The third-order valence-electron chi connectivity index (χ3n) is 3.38. The van der Waals surface area contributed by atoms with Gasteiger partial charge in [-0.25, -0.2) is 9.97 Å². The van der Waals surface area contributed by atoms with E-state index in [-0.39, 0.29) is 5.91 Å². The zero-order chi connectivity index (χ0) is 16.1. The quantitative estimate of drug-likeness (QED) is 0.692. The number of ether oxygens (including phenoxy) is 1. The third kappa shape index (κ3) is 3.65. The molecule has 0 radical (unpaired) electrons. The Hall–Kier alpha value is -2.47. The maximum atomic E-state index is 12.3. The number of aromatic nitrogens is 2. The van der Waals surface area contributed by atoms with E-state index in [0.29, 0.717) is 18.0 Å². The fourth-order valence-electron chi connectivity index (χ4n) is 2.11. The maximum absolute atomic E-state index is 12.3. The molecule has 2 heterocycles. The number of hydrogen-bond donors (Lipinski definition) is 1. The number of rotatable bonds is 6. The Morgan fingerprint density at radius 1 is 1.22 bits per heavy atom. The number of carbonyl (C=O) groups excluding carboxylic acids is 1. The van der Waals surface area contributed by atoms with E-state index in [0.717, 1.165) is 28.8 Å². The molecule has 1 N–H and O–H groups in total. The van der Waals surface area contributed by atoms with E-state index in [2.05, 4.69) is 22.2 Å². The molecule has 2 aromatic heterocycles. The van der Waals surface area contributed by atoms with E-state index in [1.807, 2.05) is 23.6 Å². The monoisotopic (exact) mass is 327 g/mol. The summed E-state index contributed by atoms with van der Waals surface area (Å²) in [4.78, 5) is 21.5. The van der Waals surface area contributed by atoms with Crippen LogP contribution in [0.5, 0.6) is 5.75 Å². The van der Waals surface area contributed by atoms with E-state index in [9.17, 15) is 4.79 Å². The highest BCUT2D eigenvalue weighted by Crippen LogP contribution is 2.24. The van der Waals surface area contributed by atoms with Crippen molar-refractivity contribution in [2.45, 2.75) is 19.8 Å². The number of unbranched alkanes of at least 4 members (excludes halogenated alkanes) is 1. The van der Waals surface area contributed by atoms with Crippen molar-refractivity contribution in [3.63, 3.8) is 0 Å². The molecular formula is C17H17N3O2S. The SMILES string of the molecule is CCCCOc1ccc(C(=O)Nc2ncnc3sccc23)cc1. The number of nitrogens with zero attached hydrogens (tertiary/aromatic N) is 2. The number of fused-ring (bicyclic) bond motifs is 1. The molecule has 0 aliphatic heterocycles. The summed E-state index contributed by atoms with van der Waals surface area (Å²) in [6, 6.07) is 9.03. The highest BCUT2D eigenvalue weighted by molar-refractivity contribution is 7.16. The summed E-state index contributed by atoms with van der Waals surface area (Å²) in [6.07, 6.45) is 3.57. The lowest BCUT2D eigenvalue weighted by atomic mass is 10.2. The van der Waals surface area contributed by atoms with Gasteiger partial charge in [0.05, 0.1) is 12.0 Å². The Labute approximate surface area is 138 Å². The predicted molar refractivity (Wildman–Crippen MR) is 92.2 cm³/mol. The lowest BCUT2D eigenvalue weighted by Crippen LogP contribution is -2.13. The minimum Gasteiger partial charge on any atom is -0.494 e. The van der Waals surface area contributed by atoms with Gasteiger partial charge in [0.25, 0.3) is 5.91 Å². The van der Waals surface area contributed by atoms with Crippen molar-refractivity contribution in [2.75, 3.05) is 11.9 Å². The molecule has 0 aliphatic rings. The molecule has 23 heavy (non-hydrogen) atoms. The molecule has 0 atom stereocenters. The van der Waals surface area contributed by atoms with Gasteiger partial charge in [-0.3, -0.25) is 4.79 Å². The number of nitrogens with one attached hydrogen (secondary N) is 1. The molecule has 3 aromatic rings. The van der Waals surface area contributed by atoms with Crippen LogP contribution < -0.4 is 10.1 Å². The van der Waals surface area contributed by atoms with E-state index < -0.39 is 0 Å². The van der Waals surface area contributed by atoms with E-state index in [4.69, 9.17) is 4.74 Å². The van der Waals surface area contributed by atoms with Crippen molar-refractivity contribution in [3.05, 3.63) is 47.6 Å². The van der Waals surface area contributed by atoms with Crippen LogP contribution in [-0.4, -0.2) is 22.5 Å². The predicted octanol–water partition coefficient (Wildman–Crippen LogP) is 4.12. The summed E-state index contributed by atoms with van der Waals surface area (Å²) in [5.41, 5.74) is 0.565. The summed E-state index contributed by atoms with van der Waals surface area (Å²) >= 11 is 1.52. The number of benzene rings is 1. The standard InChI is InChI=1S/C17H17N3O2S/c1-2-3-9-22-13-6-4-12(5-7-13)16(21)20-15-14-8-10-23-17(14)19-11-18-15/h4-8,10-11H,2-3,9H2,1H3,(H,18,19,20,21). The summed E-state index contributed by atoms with van der Waals surface area (Å²) in [7, 11) is 0. The number of thiophene rings is 1. The Kier molecular flexibility index (Phi) is 4.83. The lowest BCUT2D eigenvalue weighted by Gasteiger charge is -2.07. The van der Waals surface area contributed by atoms with Crippen LogP contribution in [0, 0.1) is 0 Å². The fraction of sp³-hybridized carbons (Fsp3) is 0.235. The smallest absolute Gasteiger partial charge is 0.256 e. The van der Waals surface area contributed by atoms with Crippen LogP contribution in [0.1, 0.15) is 30.1 Å². The molecule has 0 saturated carbocycles. The Morgan fingerprint density at radius 3 is 2.83 bits per heavy atom. The molecule has 5 nitrogen and oxygen atoms in total. The highest BCUT2D eigenvalue weighted by atomic mass is 32.1. The van der Waals surface area contributed by atoms with Crippen molar-refractivity contribution in [1.82, 2.24) is 9.97 Å². The van der Waals surface area contributed by atoms with Gasteiger partial charge in [0.2, 0.25) is 0 Å². The Morgan fingerprint density at radius 2 is 2.04 bits per heavy atom. The second kappa shape index (κ2) is 7.19. The summed E-state index contributed by atoms with van der Waals surface area (Å²) < 4.78 is 5.60. The Balaban J connectivity index is 1.69. The summed E-state index contributed by atoms with van der Waals surface area (Å²) in [6.45, 7) is 2.81. The average Bonchev–Trinajstić information content (AvgIpc) is 3.05. The molecule has 0 fully saturated rings. The van der Waals surface area contributed by atoms with E-state index >= 15 is 0 Å². The minimum absolute atomic E-state index is 0.198. The largest absolute Gasteiger partial charge is 0.494 e. The topological polar surface area (TPSA) is 64.1 Å². The Bertz CT molecular complexity index is 799. The minimum atomic E-state index is -0.198. The van der Waals surface area contributed by atoms with Crippen molar-refractivity contribution in [3.8, 4) is 5.75 Å². The first-order valence-electron chi connectivity index (χ1n) is 7.50. The van der Waals surface area contributed by atoms with Crippen molar-refractivity contribution < 1.29 is 9.53 Å². The molecule has 1 aromatic carbocycles. The molecule has 6 heteroatoms.